The summed E-state index contributed by atoms with van der Waals surface area (Å²) in [5.41, 5.74) is 12.9. The van der Waals surface area contributed by atoms with Gasteiger partial charge in [-0.3, -0.25) is 4.55 Å². The van der Waals surface area contributed by atoms with Gasteiger partial charge in [-0.25, -0.2) is 0 Å². The first-order valence-corrected chi connectivity index (χ1v) is 19.6. The second kappa shape index (κ2) is 13.7. The second-order valence-corrected chi connectivity index (χ2v) is 15.2. The van der Waals surface area contributed by atoms with E-state index >= 15 is 0 Å². The number of fused-ring (bicyclic) bond motifs is 6. The summed E-state index contributed by atoms with van der Waals surface area (Å²) in [4.78, 5) is 0. The van der Waals surface area contributed by atoms with Crippen molar-refractivity contribution in [3.8, 4) is 44.9 Å². The topological polar surface area (TPSA) is 72.8 Å². The Kier molecular flexibility index (Phi) is 9.79. The van der Waals surface area contributed by atoms with Crippen LogP contribution in [-0.2, 0) is 20.9 Å². The Hall–Kier alpha value is -3.61. The molecular weight excluding hydrogens is 617 g/mol. The van der Waals surface area contributed by atoms with Gasteiger partial charge in [-0.05, 0) is 125 Å². The van der Waals surface area contributed by atoms with Crippen LogP contribution in [0.2, 0.25) is 0 Å². The highest BCUT2D eigenvalue weighted by molar-refractivity contribution is 7.85. The summed E-state index contributed by atoms with van der Waals surface area (Å²) in [6, 6.07) is 27.0. The summed E-state index contributed by atoms with van der Waals surface area (Å²) in [6.45, 7) is 11.7. The third-order valence-electron chi connectivity index (χ3n) is 10.6. The fourth-order valence-electron chi connectivity index (χ4n) is 8.95. The fourth-order valence-corrected chi connectivity index (χ4v) is 9.25. The van der Waals surface area contributed by atoms with Gasteiger partial charge in [0.15, 0.2) is 0 Å². The average Bonchev–Trinajstić information content (AvgIpc) is 3.47. The molecule has 0 atom stereocenters. The number of benzene rings is 4. The van der Waals surface area contributed by atoms with Gasteiger partial charge in [-0.2, -0.15) is 8.42 Å². The molecule has 0 heterocycles. The molecule has 0 saturated heterocycles. The normalized spacial score (nSPS) is 15.0. The molecule has 6 rings (SSSR count). The van der Waals surface area contributed by atoms with Crippen molar-refractivity contribution in [2.75, 3.05) is 19.0 Å². The number of ether oxygens (including phenoxy) is 2. The predicted octanol–water partition coefficient (Wildman–Crippen LogP) is 10.8. The van der Waals surface area contributed by atoms with E-state index in [1.54, 1.807) is 0 Å². The SMILES string of the molecule is CCCC1(CCC)c2cc(OCC)ccc2-c2ccc(-c3ccc4c(c3)C(CCC)(CCC)c3cc(OCCS(=O)(=O)O)ccc3-4)cc21. The van der Waals surface area contributed by atoms with Gasteiger partial charge in [0.2, 0.25) is 0 Å². The van der Waals surface area contributed by atoms with Crippen LogP contribution in [0.5, 0.6) is 11.5 Å². The summed E-state index contributed by atoms with van der Waals surface area (Å²) in [6.07, 6.45) is 8.51. The van der Waals surface area contributed by atoms with Gasteiger partial charge in [-0.1, -0.05) is 89.8 Å². The lowest BCUT2D eigenvalue weighted by atomic mass is 9.70. The molecule has 4 aromatic rings. The van der Waals surface area contributed by atoms with Crippen molar-refractivity contribution in [3.05, 3.63) is 95.1 Å². The van der Waals surface area contributed by atoms with E-state index in [2.05, 4.69) is 94.4 Å². The van der Waals surface area contributed by atoms with Gasteiger partial charge < -0.3 is 9.47 Å². The first-order chi connectivity index (χ1) is 23.1. The van der Waals surface area contributed by atoms with Crippen molar-refractivity contribution in [1.29, 1.82) is 0 Å². The molecule has 48 heavy (non-hydrogen) atoms. The largest absolute Gasteiger partial charge is 0.494 e. The van der Waals surface area contributed by atoms with Gasteiger partial charge >= 0.3 is 0 Å². The molecule has 0 unspecified atom stereocenters. The smallest absolute Gasteiger partial charge is 0.268 e. The minimum atomic E-state index is -4.09. The van der Waals surface area contributed by atoms with Crippen LogP contribution in [0.25, 0.3) is 33.4 Å². The van der Waals surface area contributed by atoms with E-state index in [1.165, 1.54) is 55.6 Å². The first kappa shape index (κ1) is 34.3. The Morgan fingerprint density at radius 3 is 1.29 bits per heavy atom. The molecule has 0 amide bonds. The van der Waals surface area contributed by atoms with E-state index in [9.17, 15) is 13.0 Å². The van der Waals surface area contributed by atoms with E-state index < -0.39 is 15.9 Å². The monoisotopic (exact) mass is 666 g/mol. The van der Waals surface area contributed by atoms with E-state index in [1.807, 2.05) is 13.0 Å². The summed E-state index contributed by atoms with van der Waals surface area (Å²) < 4.78 is 43.7. The maximum atomic E-state index is 11.3. The number of hydrogen-bond acceptors (Lipinski definition) is 4. The van der Waals surface area contributed by atoms with Crippen molar-refractivity contribution >= 4 is 10.1 Å². The van der Waals surface area contributed by atoms with E-state index in [4.69, 9.17) is 9.47 Å². The molecule has 0 bridgehead atoms. The number of rotatable bonds is 15. The van der Waals surface area contributed by atoms with Crippen molar-refractivity contribution in [1.82, 2.24) is 0 Å². The predicted molar refractivity (Wildman–Crippen MR) is 197 cm³/mol. The third kappa shape index (κ3) is 5.96. The zero-order chi connectivity index (χ0) is 34.1. The summed E-state index contributed by atoms with van der Waals surface area (Å²) in [5, 5.41) is 0. The van der Waals surface area contributed by atoms with Crippen LogP contribution < -0.4 is 9.47 Å². The summed E-state index contributed by atoms with van der Waals surface area (Å²) in [5.74, 6) is 1.16. The van der Waals surface area contributed by atoms with Crippen LogP contribution in [0.3, 0.4) is 0 Å². The maximum Gasteiger partial charge on any atom is 0.268 e. The highest BCUT2D eigenvalue weighted by Gasteiger charge is 2.44. The van der Waals surface area contributed by atoms with Crippen molar-refractivity contribution < 1.29 is 22.4 Å². The van der Waals surface area contributed by atoms with Crippen LogP contribution in [0.1, 0.15) is 108 Å². The van der Waals surface area contributed by atoms with Crippen LogP contribution >= 0.6 is 0 Å². The zero-order valence-corrected chi connectivity index (χ0v) is 30.0. The van der Waals surface area contributed by atoms with E-state index in [0.717, 1.165) is 57.1 Å². The molecule has 0 fully saturated rings. The van der Waals surface area contributed by atoms with E-state index in [0.29, 0.717) is 12.4 Å². The summed E-state index contributed by atoms with van der Waals surface area (Å²) >= 11 is 0. The Labute approximate surface area is 287 Å². The lowest BCUT2D eigenvalue weighted by molar-refractivity contribution is 0.334. The van der Waals surface area contributed by atoms with Gasteiger partial charge in [-0.15, -0.1) is 0 Å². The molecule has 0 saturated carbocycles. The molecular formula is C42H50O5S. The Morgan fingerprint density at radius 2 is 0.917 bits per heavy atom. The molecule has 0 aromatic heterocycles. The highest BCUT2D eigenvalue weighted by atomic mass is 32.2. The van der Waals surface area contributed by atoms with Crippen LogP contribution in [-0.4, -0.2) is 31.9 Å². The Morgan fingerprint density at radius 1 is 0.542 bits per heavy atom. The van der Waals surface area contributed by atoms with Crippen LogP contribution in [0.4, 0.5) is 0 Å². The quantitative estimate of drug-likeness (QED) is 0.128. The van der Waals surface area contributed by atoms with Crippen LogP contribution in [0, 0.1) is 0 Å². The standard InChI is InChI=1S/C42H50O5S/c1-6-19-41(20-7-2)37-25-29(11-15-33(37)35-17-13-31(46-10-5)27-39(35)41)30-12-16-34-36-18-14-32(47-23-24-48(43,44)45)28-40(36)42(21-8-3,22-9-4)38(34)26-30/h11-18,25-28H,6-10,19-24H2,1-5H3,(H,43,44,45). The third-order valence-corrected chi connectivity index (χ3v) is 11.3. The minimum Gasteiger partial charge on any atom is -0.494 e. The lowest BCUT2D eigenvalue weighted by Gasteiger charge is -2.33. The Bertz CT molecular complexity index is 1900. The molecule has 254 valence electrons. The molecule has 5 nitrogen and oxygen atoms in total. The molecule has 1 N–H and O–H groups in total. The molecule has 2 aliphatic rings. The molecule has 2 aliphatic carbocycles. The molecule has 0 radical (unpaired) electrons. The minimum absolute atomic E-state index is 0.0375. The van der Waals surface area contributed by atoms with Gasteiger partial charge in [0.25, 0.3) is 10.1 Å². The van der Waals surface area contributed by atoms with Crippen molar-refractivity contribution in [2.24, 2.45) is 0 Å². The van der Waals surface area contributed by atoms with Gasteiger partial charge in [0.1, 0.15) is 23.9 Å². The molecule has 0 spiro atoms. The summed E-state index contributed by atoms with van der Waals surface area (Å²) in [7, 11) is -4.09. The Balaban J connectivity index is 1.45. The molecule has 4 aromatic carbocycles. The number of hydrogen-bond donors (Lipinski definition) is 1. The van der Waals surface area contributed by atoms with Gasteiger partial charge in [0, 0.05) is 10.8 Å². The molecule has 6 heteroatoms. The second-order valence-electron chi connectivity index (χ2n) is 13.7. The maximum absolute atomic E-state index is 11.3. The first-order valence-electron chi connectivity index (χ1n) is 17.9. The van der Waals surface area contributed by atoms with E-state index in [-0.39, 0.29) is 17.4 Å². The lowest BCUT2D eigenvalue weighted by Crippen LogP contribution is -2.25. The molecule has 0 aliphatic heterocycles. The zero-order valence-electron chi connectivity index (χ0n) is 29.2. The highest BCUT2D eigenvalue weighted by Crippen LogP contribution is 2.57. The van der Waals surface area contributed by atoms with Crippen LogP contribution in [0.15, 0.2) is 72.8 Å². The average molecular weight is 667 g/mol. The van der Waals surface area contributed by atoms with Gasteiger partial charge in [0.05, 0.1) is 6.61 Å². The van der Waals surface area contributed by atoms with Crippen molar-refractivity contribution in [2.45, 2.75) is 96.8 Å². The fraction of sp³-hybridized carbons (Fsp3) is 0.429. The van der Waals surface area contributed by atoms with Crippen molar-refractivity contribution in [3.63, 3.8) is 0 Å².